The second-order valence-electron chi connectivity index (χ2n) is 0.966. The predicted octanol–water partition coefficient (Wildman–Crippen LogP) is -3.09. The number of rotatable bonds is 0. The Balaban J connectivity index is 0. The second-order valence-corrected chi connectivity index (χ2v) is 0.966. The first kappa shape index (κ1) is 10.6. The molecule has 0 heterocycles. The smallest absolute Gasteiger partial charge is 0.421 e. The summed E-state index contributed by atoms with van der Waals surface area (Å²) in [6.07, 6.45) is 0. The third-order valence-electron chi connectivity index (χ3n) is 0.258. The molecule has 0 radical (unpaired) electrons. The fourth-order valence-corrected chi connectivity index (χ4v) is 0.160. The molecule has 0 aromatic rings. The van der Waals surface area contributed by atoms with Gasteiger partial charge in [0.25, 0.3) is 0 Å². The van der Waals surface area contributed by atoms with Crippen molar-refractivity contribution >= 4 is 11.9 Å². The molecule has 3 nitrogen and oxygen atoms in total. The van der Waals surface area contributed by atoms with E-state index in [2.05, 4.69) is 11.7 Å². The van der Waals surface area contributed by atoms with Gasteiger partial charge in [0.05, 0.1) is 0 Å². The van der Waals surface area contributed by atoms with Crippen LogP contribution in [0.25, 0.3) is 0 Å². The molecule has 0 saturated carbocycles. The molecule has 0 aromatic carbocycles. The summed E-state index contributed by atoms with van der Waals surface area (Å²) < 4.78 is 3.86. The Kier molecular flexibility index (Phi) is 6.28. The van der Waals surface area contributed by atoms with Crippen molar-refractivity contribution in [3.8, 4) is 0 Å². The van der Waals surface area contributed by atoms with Gasteiger partial charge in [-0.1, -0.05) is 0 Å². The van der Waals surface area contributed by atoms with Crippen molar-refractivity contribution in [3.63, 3.8) is 0 Å². The largest absolute Gasteiger partial charge is 1.00 e. The van der Waals surface area contributed by atoms with Crippen molar-refractivity contribution in [2.45, 2.75) is 6.92 Å². The zero-order valence-electron chi connectivity index (χ0n) is 4.93. The molecule has 0 amide bonds. The number of esters is 2. The van der Waals surface area contributed by atoms with Crippen molar-refractivity contribution < 1.29 is 33.2 Å². The van der Waals surface area contributed by atoms with Gasteiger partial charge >= 0.3 is 24.8 Å². The number of ether oxygens (including phenoxy) is 1. The Labute approximate surface area is 59.6 Å². The van der Waals surface area contributed by atoms with Crippen LogP contribution in [0.1, 0.15) is 6.92 Å². The van der Waals surface area contributed by atoms with Gasteiger partial charge in [-0.15, -0.1) is 0 Å². The summed E-state index contributed by atoms with van der Waals surface area (Å²) in [7, 11) is 0. The molecule has 0 rings (SSSR count). The van der Waals surface area contributed by atoms with Crippen molar-refractivity contribution in [3.05, 3.63) is 6.92 Å². The molecule has 0 atom stereocenters. The van der Waals surface area contributed by atoms with E-state index in [-0.39, 0.29) is 18.9 Å². The normalized spacial score (nSPS) is 6.62. The zero-order chi connectivity index (χ0) is 5.86. The maximum atomic E-state index is 9.77. The Morgan fingerprint density at radius 3 is 1.88 bits per heavy atom. The summed E-state index contributed by atoms with van der Waals surface area (Å²) in [5.41, 5.74) is 0. The van der Waals surface area contributed by atoms with E-state index in [0.29, 0.717) is 0 Å². The Bertz CT molecular complexity index is 87.5. The molecule has 0 N–H and O–H groups in total. The first-order valence-corrected chi connectivity index (χ1v) is 1.67. The van der Waals surface area contributed by atoms with E-state index in [4.69, 9.17) is 0 Å². The molecular weight excluding hydrogens is 103 g/mol. The minimum Gasteiger partial charge on any atom is -0.421 e. The SMILES string of the molecule is [CH2-]C(=O)OC(C)=O.[Li+]. The Morgan fingerprint density at radius 1 is 1.50 bits per heavy atom. The molecule has 0 aliphatic heterocycles. The molecule has 0 spiro atoms. The van der Waals surface area contributed by atoms with E-state index in [1.807, 2.05) is 0 Å². The quantitative estimate of drug-likeness (QED) is 0.143. The van der Waals surface area contributed by atoms with E-state index < -0.39 is 11.9 Å². The molecule has 0 fully saturated rings. The van der Waals surface area contributed by atoms with Gasteiger partial charge in [0.1, 0.15) is 0 Å². The molecule has 0 aromatic heterocycles. The fraction of sp³-hybridized carbons (Fsp3) is 0.250. The van der Waals surface area contributed by atoms with Crippen LogP contribution < -0.4 is 18.9 Å². The van der Waals surface area contributed by atoms with Crippen molar-refractivity contribution in [2.24, 2.45) is 0 Å². The van der Waals surface area contributed by atoms with Gasteiger partial charge in [-0.25, -0.2) is 0 Å². The molecule has 8 heavy (non-hydrogen) atoms. The van der Waals surface area contributed by atoms with E-state index in [1.54, 1.807) is 0 Å². The molecular formula is C4H5LiO3. The van der Waals surface area contributed by atoms with Crippen LogP contribution in [-0.2, 0) is 14.3 Å². The summed E-state index contributed by atoms with van der Waals surface area (Å²) in [6.45, 7) is 3.94. The first-order valence-electron chi connectivity index (χ1n) is 1.67. The Morgan fingerprint density at radius 2 is 1.88 bits per heavy atom. The average Bonchev–Trinajstić information content (AvgIpc) is 1.27. The summed E-state index contributed by atoms with van der Waals surface area (Å²) >= 11 is 0. The van der Waals surface area contributed by atoms with E-state index in [1.165, 1.54) is 0 Å². The average molecular weight is 108 g/mol. The maximum absolute atomic E-state index is 9.77. The number of hydrogen-bond donors (Lipinski definition) is 0. The molecule has 0 unspecified atom stereocenters. The molecule has 0 aliphatic rings. The van der Waals surface area contributed by atoms with Gasteiger partial charge in [-0.3, -0.25) is 16.5 Å². The van der Waals surface area contributed by atoms with Crippen LogP contribution in [-0.4, -0.2) is 11.9 Å². The second kappa shape index (κ2) is 4.76. The third kappa shape index (κ3) is 9.15. The summed E-state index contributed by atoms with van der Waals surface area (Å²) in [5, 5.41) is 0. The Hall–Kier alpha value is -0.393. The van der Waals surface area contributed by atoms with Gasteiger partial charge < -0.3 is 4.74 Å². The van der Waals surface area contributed by atoms with Crippen LogP contribution in [0.5, 0.6) is 0 Å². The molecule has 0 saturated heterocycles. The van der Waals surface area contributed by atoms with E-state index in [0.717, 1.165) is 6.92 Å². The van der Waals surface area contributed by atoms with Gasteiger partial charge in [-0.05, 0) is 0 Å². The van der Waals surface area contributed by atoms with Crippen LogP contribution in [0.2, 0.25) is 0 Å². The number of carbonyl (C=O) groups is 2. The summed E-state index contributed by atoms with van der Waals surface area (Å²) in [6, 6.07) is 0. The van der Waals surface area contributed by atoms with Crippen LogP contribution in [0.15, 0.2) is 0 Å². The van der Waals surface area contributed by atoms with Gasteiger partial charge in [0.15, 0.2) is 5.97 Å². The summed E-state index contributed by atoms with van der Waals surface area (Å²) in [4.78, 5) is 19.5. The molecule has 0 aliphatic carbocycles. The van der Waals surface area contributed by atoms with Crippen LogP contribution in [0.4, 0.5) is 0 Å². The first-order chi connectivity index (χ1) is 3.13. The minimum absolute atomic E-state index is 0. The number of hydrogen-bond acceptors (Lipinski definition) is 3. The van der Waals surface area contributed by atoms with Crippen LogP contribution >= 0.6 is 0 Å². The van der Waals surface area contributed by atoms with Gasteiger partial charge in [-0.2, -0.15) is 0 Å². The topological polar surface area (TPSA) is 43.4 Å². The standard InChI is InChI=1S/C4H5O3.Li/c1-3(5)7-4(2)6;/h1H2,2H3;/q-1;+1. The predicted molar refractivity (Wildman–Crippen MR) is 22.1 cm³/mol. The fourth-order valence-electron chi connectivity index (χ4n) is 0.160. The van der Waals surface area contributed by atoms with E-state index >= 15 is 0 Å². The minimum atomic E-state index is -0.813. The summed E-state index contributed by atoms with van der Waals surface area (Å²) in [5.74, 6) is -1.44. The van der Waals surface area contributed by atoms with Crippen molar-refractivity contribution in [1.82, 2.24) is 0 Å². The van der Waals surface area contributed by atoms with Crippen molar-refractivity contribution in [2.75, 3.05) is 0 Å². The van der Waals surface area contributed by atoms with Gasteiger partial charge in [0, 0.05) is 6.92 Å². The molecule has 40 valence electrons. The zero-order valence-corrected chi connectivity index (χ0v) is 4.93. The monoisotopic (exact) mass is 108 g/mol. The van der Waals surface area contributed by atoms with Gasteiger partial charge in [0.2, 0.25) is 0 Å². The van der Waals surface area contributed by atoms with Crippen molar-refractivity contribution in [1.29, 1.82) is 0 Å². The van der Waals surface area contributed by atoms with Crippen LogP contribution in [0, 0.1) is 6.92 Å². The molecule has 0 bridgehead atoms. The van der Waals surface area contributed by atoms with E-state index in [9.17, 15) is 9.59 Å². The maximum Gasteiger partial charge on any atom is 1.00 e. The molecule has 4 heteroatoms. The van der Waals surface area contributed by atoms with Crippen LogP contribution in [0.3, 0.4) is 0 Å². The number of carbonyl (C=O) groups excluding carboxylic acids is 2. The third-order valence-corrected chi connectivity index (χ3v) is 0.258.